The lowest BCUT2D eigenvalue weighted by Crippen LogP contribution is -2.33. The van der Waals surface area contributed by atoms with Crippen molar-refractivity contribution in [1.29, 1.82) is 0 Å². The number of ether oxygens (including phenoxy) is 1. The molecule has 4 rings (SSSR count). The number of halogens is 1. The summed E-state index contributed by atoms with van der Waals surface area (Å²) in [4.78, 5) is 24.6. The molecule has 6 heteroatoms. The van der Waals surface area contributed by atoms with E-state index in [2.05, 4.69) is 6.92 Å². The van der Waals surface area contributed by atoms with Crippen LogP contribution in [0.15, 0.2) is 48.5 Å². The molecule has 0 N–H and O–H groups in total. The summed E-state index contributed by atoms with van der Waals surface area (Å²) in [5, 5.41) is 0.700. The van der Waals surface area contributed by atoms with E-state index in [9.17, 15) is 4.79 Å². The number of aryl methyl sites for hydroxylation is 1. The van der Waals surface area contributed by atoms with Crippen molar-refractivity contribution in [3.05, 3.63) is 76.2 Å². The summed E-state index contributed by atoms with van der Waals surface area (Å²) in [5.41, 5.74) is 4.81. The molecule has 1 amide bonds. The van der Waals surface area contributed by atoms with Crippen LogP contribution in [0.4, 0.5) is 0 Å². The smallest absolute Gasteiger partial charge is 0.253 e. The van der Waals surface area contributed by atoms with Crippen molar-refractivity contribution in [2.24, 2.45) is 0 Å². The summed E-state index contributed by atoms with van der Waals surface area (Å²) < 4.78 is 5.19. The Bertz CT molecular complexity index is 1050. The van der Waals surface area contributed by atoms with Gasteiger partial charge in [-0.15, -0.1) is 0 Å². The minimum Gasteiger partial charge on any atom is -0.497 e. The Balaban J connectivity index is 1.63. The van der Waals surface area contributed by atoms with Crippen LogP contribution in [-0.4, -0.2) is 41.0 Å². The van der Waals surface area contributed by atoms with Gasteiger partial charge in [-0.1, -0.05) is 30.7 Å². The molecule has 1 aromatic heterocycles. The first kappa shape index (κ1) is 20.4. The SMILES string of the molecule is CCc1nc2c(c(-c3ccc(Cl)cc3)n1)CCN(C(=O)c1ccc(OC)cc1)CC2. The number of hydrogen-bond donors (Lipinski definition) is 0. The zero-order valence-electron chi connectivity index (χ0n) is 17.2. The molecule has 0 saturated heterocycles. The largest absolute Gasteiger partial charge is 0.497 e. The number of rotatable bonds is 4. The van der Waals surface area contributed by atoms with Crippen molar-refractivity contribution in [3.63, 3.8) is 0 Å². The maximum Gasteiger partial charge on any atom is 0.253 e. The van der Waals surface area contributed by atoms with E-state index in [1.807, 2.05) is 53.4 Å². The van der Waals surface area contributed by atoms with Crippen molar-refractivity contribution < 1.29 is 9.53 Å². The molecule has 0 aliphatic carbocycles. The molecule has 2 aromatic carbocycles. The van der Waals surface area contributed by atoms with Gasteiger partial charge in [-0.25, -0.2) is 9.97 Å². The van der Waals surface area contributed by atoms with Crippen molar-refractivity contribution >= 4 is 17.5 Å². The molecule has 0 radical (unpaired) electrons. The first-order chi connectivity index (χ1) is 14.6. The van der Waals surface area contributed by atoms with Crippen LogP contribution in [0, 0.1) is 0 Å². The number of aromatic nitrogens is 2. The van der Waals surface area contributed by atoms with Crippen LogP contribution in [-0.2, 0) is 19.3 Å². The molecule has 0 saturated carbocycles. The minimum atomic E-state index is 0.0298. The van der Waals surface area contributed by atoms with Gasteiger partial charge in [-0.2, -0.15) is 0 Å². The third-order valence-corrected chi connectivity index (χ3v) is 5.70. The molecule has 5 nitrogen and oxygen atoms in total. The molecular weight excluding hydrogens is 398 g/mol. The van der Waals surface area contributed by atoms with Gasteiger partial charge in [-0.3, -0.25) is 4.79 Å². The standard InChI is InChI=1S/C24H24ClN3O2/c1-3-22-26-21-13-15-28(24(29)17-6-10-19(30-2)11-7-17)14-12-20(21)23(27-22)16-4-8-18(25)9-5-16/h4-11H,3,12-15H2,1-2H3. The lowest BCUT2D eigenvalue weighted by Gasteiger charge is -2.20. The van der Waals surface area contributed by atoms with E-state index < -0.39 is 0 Å². The fraction of sp³-hybridized carbons (Fsp3) is 0.292. The topological polar surface area (TPSA) is 55.3 Å². The molecule has 1 aliphatic rings. The summed E-state index contributed by atoms with van der Waals surface area (Å²) in [7, 11) is 1.62. The molecular formula is C24H24ClN3O2. The average molecular weight is 422 g/mol. The average Bonchev–Trinajstić information content (AvgIpc) is 3.01. The van der Waals surface area contributed by atoms with Crippen molar-refractivity contribution in [1.82, 2.24) is 14.9 Å². The van der Waals surface area contributed by atoms with Crippen LogP contribution in [0.1, 0.15) is 34.4 Å². The van der Waals surface area contributed by atoms with E-state index in [-0.39, 0.29) is 5.91 Å². The van der Waals surface area contributed by atoms with Gasteiger partial charge in [0.15, 0.2) is 0 Å². The number of carbonyl (C=O) groups is 1. The summed E-state index contributed by atoms with van der Waals surface area (Å²) in [6.07, 6.45) is 2.20. The number of hydrogen-bond acceptors (Lipinski definition) is 4. The van der Waals surface area contributed by atoms with Gasteiger partial charge in [-0.05, 0) is 42.8 Å². The quantitative estimate of drug-likeness (QED) is 0.617. The van der Waals surface area contributed by atoms with Gasteiger partial charge in [0.05, 0.1) is 12.8 Å². The van der Waals surface area contributed by atoms with E-state index in [4.69, 9.17) is 26.3 Å². The van der Waals surface area contributed by atoms with E-state index in [1.54, 1.807) is 7.11 Å². The zero-order chi connectivity index (χ0) is 21.1. The third kappa shape index (κ3) is 4.17. The second-order valence-electron chi connectivity index (χ2n) is 7.29. The summed E-state index contributed by atoms with van der Waals surface area (Å²) >= 11 is 6.07. The highest BCUT2D eigenvalue weighted by atomic mass is 35.5. The minimum absolute atomic E-state index is 0.0298. The summed E-state index contributed by atoms with van der Waals surface area (Å²) in [5.74, 6) is 1.60. The van der Waals surface area contributed by atoms with E-state index in [0.29, 0.717) is 30.1 Å². The van der Waals surface area contributed by atoms with Crippen LogP contribution >= 0.6 is 11.6 Å². The predicted molar refractivity (Wildman–Crippen MR) is 118 cm³/mol. The second-order valence-corrected chi connectivity index (χ2v) is 7.73. The Morgan fingerprint density at radius 3 is 2.40 bits per heavy atom. The zero-order valence-corrected chi connectivity index (χ0v) is 17.9. The van der Waals surface area contributed by atoms with Crippen LogP contribution < -0.4 is 4.74 Å². The lowest BCUT2D eigenvalue weighted by atomic mass is 10.0. The first-order valence-corrected chi connectivity index (χ1v) is 10.5. The molecule has 0 fully saturated rings. The summed E-state index contributed by atoms with van der Waals surface area (Å²) in [6.45, 7) is 3.33. The Morgan fingerprint density at radius 1 is 1.03 bits per heavy atom. The third-order valence-electron chi connectivity index (χ3n) is 5.45. The molecule has 2 heterocycles. The van der Waals surface area contributed by atoms with Gasteiger partial charge >= 0.3 is 0 Å². The Morgan fingerprint density at radius 2 is 1.73 bits per heavy atom. The van der Waals surface area contributed by atoms with Crippen LogP contribution in [0.25, 0.3) is 11.3 Å². The first-order valence-electron chi connectivity index (χ1n) is 10.2. The molecule has 30 heavy (non-hydrogen) atoms. The second kappa shape index (κ2) is 8.84. The van der Waals surface area contributed by atoms with Crippen molar-refractivity contribution in [3.8, 4) is 17.0 Å². The molecule has 3 aromatic rings. The monoisotopic (exact) mass is 421 g/mol. The molecule has 154 valence electrons. The molecule has 1 aliphatic heterocycles. The number of fused-ring (bicyclic) bond motifs is 1. The van der Waals surface area contributed by atoms with E-state index >= 15 is 0 Å². The maximum absolute atomic E-state index is 13.1. The Kier molecular flexibility index (Phi) is 6.00. The fourth-order valence-electron chi connectivity index (χ4n) is 3.77. The number of benzene rings is 2. The molecule has 0 spiro atoms. The molecule has 0 unspecified atom stereocenters. The fourth-order valence-corrected chi connectivity index (χ4v) is 3.90. The molecule has 0 bridgehead atoms. The Labute approximate surface area is 181 Å². The summed E-state index contributed by atoms with van der Waals surface area (Å²) in [6, 6.07) is 15.0. The van der Waals surface area contributed by atoms with Crippen LogP contribution in [0.2, 0.25) is 5.02 Å². The van der Waals surface area contributed by atoms with E-state index in [1.165, 1.54) is 0 Å². The highest BCUT2D eigenvalue weighted by Crippen LogP contribution is 2.28. The highest BCUT2D eigenvalue weighted by Gasteiger charge is 2.24. The van der Waals surface area contributed by atoms with Crippen LogP contribution in [0.3, 0.4) is 0 Å². The number of methoxy groups -OCH3 is 1. The molecule has 0 atom stereocenters. The van der Waals surface area contributed by atoms with Gasteiger partial charge < -0.3 is 9.64 Å². The maximum atomic E-state index is 13.1. The predicted octanol–water partition coefficient (Wildman–Crippen LogP) is 4.61. The van der Waals surface area contributed by atoms with Crippen LogP contribution in [0.5, 0.6) is 5.75 Å². The highest BCUT2D eigenvalue weighted by molar-refractivity contribution is 6.30. The van der Waals surface area contributed by atoms with Gasteiger partial charge in [0.1, 0.15) is 11.6 Å². The number of nitrogens with zero attached hydrogens (tertiary/aromatic N) is 3. The number of carbonyl (C=O) groups excluding carboxylic acids is 1. The van der Waals surface area contributed by atoms with Gasteiger partial charge in [0.2, 0.25) is 0 Å². The van der Waals surface area contributed by atoms with Crippen molar-refractivity contribution in [2.45, 2.75) is 26.2 Å². The Hall–Kier alpha value is -2.92. The van der Waals surface area contributed by atoms with Gasteiger partial charge in [0, 0.05) is 53.3 Å². The lowest BCUT2D eigenvalue weighted by molar-refractivity contribution is 0.0763. The van der Waals surface area contributed by atoms with Crippen molar-refractivity contribution in [2.75, 3.05) is 20.2 Å². The normalized spacial score (nSPS) is 13.5. The van der Waals surface area contributed by atoms with E-state index in [0.717, 1.165) is 46.9 Å². The number of amides is 1. The van der Waals surface area contributed by atoms with Gasteiger partial charge in [0.25, 0.3) is 5.91 Å².